The van der Waals surface area contributed by atoms with Crippen LogP contribution in [0.15, 0.2) is 30.3 Å². The van der Waals surface area contributed by atoms with Crippen LogP contribution in [-0.4, -0.2) is 19.4 Å². The minimum Gasteiger partial charge on any atom is -0.370 e. The van der Waals surface area contributed by atoms with Crippen LogP contribution in [0.4, 0.5) is 13.2 Å². The van der Waals surface area contributed by atoms with E-state index in [2.05, 4.69) is 10.2 Å². The van der Waals surface area contributed by atoms with Crippen molar-refractivity contribution in [3.05, 3.63) is 35.9 Å². The summed E-state index contributed by atoms with van der Waals surface area (Å²) in [5, 5.41) is 0. The highest BCUT2D eigenvalue weighted by atomic mass is 19.4. The van der Waals surface area contributed by atoms with Gasteiger partial charge in [-0.15, -0.1) is 0 Å². The van der Waals surface area contributed by atoms with Crippen LogP contribution in [0.1, 0.15) is 11.6 Å². The van der Waals surface area contributed by atoms with Gasteiger partial charge in [-0.25, -0.2) is 0 Å². The predicted octanol–water partition coefficient (Wildman–Crippen LogP) is 1.77. The van der Waals surface area contributed by atoms with Crippen molar-refractivity contribution in [2.24, 2.45) is 5.84 Å². The Labute approximate surface area is 91.4 Å². The van der Waals surface area contributed by atoms with Crippen LogP contribution in [0.25, 0.3) is 0 Å². The Morgan fingerprint density at radius 3 is 2.38 bits per heavy atom. The van der Waals surface area contributed by atoms with Gasteiger partial charge in [-0.3, -0.25) is 11.3 Å². The molecule has 0 saturated heterocycles. The van der Waals surface area contributed by atoms with Gasteiger partial charge in [0.1, 0.15) is 6.61 Å². The molecule has 90 valence electrons. The number of alkyl halides is 3. The van der Waals surface area contributed by atoms with Crippen molar-refractivity contribution < 1.29 is 17.9 Å². The van der Waals surface area contributed by atoms with E-state index in [1.54, 1.807) is 24.3 Å². The quantitative estimate of drug-likeness (QED) is 0.603. The van der Waals surface area contributed by atoms with Crippen molar-refractivity contribution in [1.29, 1.82) is 0 Å². The molecule has 0 radical (unpaired) electrons. The number of nitrogens with one attached hydrogen (secondary N) is 1. The van der Waals surface area contributed by atoms with Gasteiger partial charge in [0.2, 0.25) is 0 Å². The maximum atomic E-state index is 11.8. The van der Waals surface area contributed by atoms with Crippen molar-refractivity contribution in [3.63, 3.8) is 0 Å². The lowest BCUT2D eigenvalue weighted by Crippen LogP contribution is -2.32. The summed E-state index contributed by atoms with van der Waals surface area (Å²) in [6.45, 7) is -1.39. The number of halogens is 3. The maximum Gasteiger partial charge on any atom is 0.411 e. The van der Waals surface area contributed by atoms with Crippen molar-refractivity contribution in [2.45, 2.75) is 12.2 Å². The minimum atomic E-state index is -4.31. The molecule has 1 atom stereocenters. The molecule has 3 N–H and O–H groups in total. The number of rotatable bonds is 5. The van der Waals surface area contributed by atoms with Gasteiger partial charge in [0.05, 0.1) is 12.6 Å². The summed E-state index contributed by atoms with van der Waals surface area (Å²) in [6.07, 6.45) is -4.31. The molecule has 0 fully saturated rings. The molecule has 0 aliphatic carbocycles. The lowest BCUT2D eigenvalue weighted by molar-refractivity contribution is -0.175. The summed E-state index contributed by atoms with van der Waals surface area (Å²) in [4.78, 5) is 0. The smallest absolute Gasteiger partial charge is 0.370 e. The highest BCUT2D eigenvalue weighted by Gasteiger charge is 2.27. The van der Waals surface area contributed by atoms with Crippen LogP contribution in [0.5, 0.6) is 0 Å². The van der Waals surface area contributed by atoms with Gasteiger partial charge in [0.25, 0.3) is 0 Å². The summed E-state index contributed by atoms with van der Waals surface area (Å²) in [7, 11) is 0. The first-order chi connectivity index (χ1) is 7.53. The second-order valence-electron chi connectivity index (χ2n) is 3.26. The van der Waals surface area contributed by atoms with E-state index in [0.717, 1.165) is 5.56 Å². The van der Waals surface area contributed by atoms with E-state index in [0.29, 0.717) is 0 Å². The fraction of sp³-hybridized carbons (Fsp3) is 0.400. The van der Waals surface area contributed by atoms with Crippen molar-refractivity contribution in [1.82, 2.24) is 5.43 Å². The van der Waals surface area contributed by atoms with E-state index < -0.39 is 18.8 Å². The summed E-state index contributed by atoms with van der Waals surface area (Å²) in [5.41, 5.74) is 3.20. The predicted molar refractivity (Wildman–Crippen MR) is 53.4 cm³/mol. The molecule has 0 amide bonds. The van der Waals surface area contributed by atoms with Gasteiger partial charge in [0.15, 0.2) is 0 Å². The molecule has 1 rings (SSSR count). The topological polar surface area (TPSA) is 47.3 Å². The molecule has 0 heterocycles. The Kier molecular flexibility index (Phi) is 4.72. The van der Waals surface area contributed by atoms with Gasteiger partial charge in [-0.05, 0) is 5.56 Å². The third-order valence-corrected chi connectivity index (χ3v) is 1.95. The third kappa shape index (κ3) is 4.61. The number of hydrogen-bond acceptors (Lipinski definition) is 3. The molecule has 0 saturated carbocycles. The number of hydrazine groups is 1. The molecule has 6 heteroatoms. The van der Waals surface area contributed by atoms with Crippen LogP contribution < -0.4 is 11.3 Å². The van der Waals surface area contributed by atoms with Gasteiger partial charge < -0.3 is 4.74 Å². The van der Waals surface area contributed by atoms with Crippen molar-refractivity contribution in [2.75, 3.05) is 13.2 Å². The second-order valence-corrected chi connectivity index (χ2v) is 3.26. The van der Waals surface area contributed by atoms with Crippen LogP contribution in [0.3, 0.4) is 0 Å². The first-order valence-electron chi connectivity index (χ1n) is 4.68. The highest BCUT2D eigenvalue weighted by molar-refractivity contribution is 5.18. The molecule has 16 heavy (non-hydrogen) atoms. The van der Waals surface area contributed by atoms with Crippen molar-refractivity contribution in [3.8, 4) is 0 Å². The summed E-state index contributed by atoms with van der Waals surface area (Å²) < 4.78 is 40.0. The highest BCUT2D eigenvalue weighted by Crippen LogP contribution is 2.17. The lowest BCUT2D eigenvalue weighted by atomic mass is 10.1. The second kappa shape index (κ2) is 5.83. The molecule has 0 bridgehead atoms. The minimum absolute atomic E-state index is 0.125. The van der Waals surface area contributed by atoms with E-state index in [9.17, 15) is 13.2 Å². The zero-order valence-corrected chi connectivity index (χ0v) is 8.50. The Balaban J connectivity index is 2.45. The number of benzene rings is 1. The van der Waals surface area contributed by atoms with Crippen LogP contribution >= 0.6 is 0 Å². The Morgan fingerprint density at radius 2 is 1.88 bits per heavy atom. The summed E-state index contributed by atoms with van der Waals surface area (Å²) >= 11 is 0. The molecular weight excluding hydrogens is 221 g/mol. The fourth-order valence-corrected chi connectivity index (χ4v) is 1.22. The zero-order valence-electron chi connectivity index (χ0n) is 8.50. The number of nitrogens with two attached hydrogens (primary N) is 1. The lowest BCUT2D eigenvalue weighted by Gasteiger charge is -2.17. The molecular formula is C10H13F3N2O. The monoisotopic (exact) mass is 234 g/mol. The van der Waals surface area contributed by atoms with E-state index in [-0.39, 0.29) is 6.61 Å². The average Bonchev–Trinajstić information content (AvgIpc) is 2.24. The van der Waals surface area contributed by atoms with Gasteiger partial charge in [-0.2, -0.15) is 13.2 Å². The molecule has 0 aliphatic heterocycles. The van der Waals surface area contributed by atoms with Gasteiger partial charge >= 0.3 is 6.18 Å². The first kappa shape index (κ1) is 13.0. The van der Waals surface area contributed by atoms with Gasteiger partial charge in [0, 0.05) is 0 Å². The third-order valence-electron chi connectivity index (χ3n) is 1.95. The normalized spacial score (nSPS) is 13.8. The summed E-state index contributed by atoms with van der Waals surface area (Å²) in [6, 6.07) is 8.47. The maximum absolute atomic E-state index is 11.8. The van der Waals surface area contributed by atoms with E-state index in [1.165, 1.54) is 0 Å². The fourth-order valence-electron chi connectivity index (χ4n) is 1.22. The van der Waals surface area contributed by atoms with Crippen LogP contribution in [0, 0.1) is 0 Å². The van der Waals surface area contributed by atoms with Gasteiger partial charge in [-0.1, -0.05) is 30.3 Å². The van der Waals surface area contributed by atoms with E-state index in [4.69, 9.17) is 5.84 Å². The molecule has 0 aromatic heterocycles. The van der Waals surface area contributed by atoms with E-state index >= 15 is 0 Å². The molecule has 1 aromatic rings. The molecule has 0 spiro atoms. The summed E-state index contributed by atoms with van der Waals surface area (Å²) in [5.74, 6) is 5.24. The largest absolute Gasteiger partial charge is 0.411 e. The SMILES string of the molecule is NNC(COCC(F)(F)F)c1ccccc1. The Hall–Kier alpha value is -1.11. The number of hydrogen-bond donors (Lipinski definition) is 2. The number of ether oxygens (including phenoxy) is 1. The first-order valence-corrected chi connectivity index (χ1v) is 4.68. The Bertz CT molecular complexity index is 303. The van der Waals surface area contributed by atoms with Crippen LogP contribution in [-0.2, 0) is 4.74 Å². The molecule has 0 aliphatic rings. The Morgan fingerprint density at radius 1 is 1.25 bits per heavy atom. The standard InChI is InChI=1S/C10H13F3N2O/c11-10(12,13)7-16-6-9(15-14)8-4-2-1-3-5-8/h1-5,9,15H,6-7,14H2. The van der Waals surface area contributed by atoms with E-state index in [1.807, 2.05) is 6.07 Å². The molecule has 3 nitrogen and oxygen atoms in total. The van der Waals surface area contributed by atoms with Crippen molar-refractivity contribution >= 4 is 0 Å². The van der Waals surface area contributed by atoms with Crippen LogP contribution in [0.2, 0.25) is 0 Å². The average molecular weight is 234 g/mol. The molecule has 1 aromatic carbocycles. The molecule has 1 unspecified atom stereocenters. The zero-order chi connectivity index (χ0) is 12.0.